The third-order valence-electron chi connectivity index (χ3n) is 2.53. The first-order valence-corrected chi connectivity index (χ1v) is 5.59. The molecule has 2 heterocycles. The molecule has 0 fully saturated rings. The van der Waals surface area contributed by atoms with Crippen LogP contribution in [0.1, 0.15) is 5.89 Å². The maximum absolute atomic E-state index is 5.85. The summed E-state index contributed by atoms with van der Waals surface area (Å²) in [5.74, 6) is 0.626. The molecule has 0 atom stereocenters. The Morgan fingerprint density at radius 1 is 1.12 bits per heavy atom. The van der Waals surface area contributed by atoms with Crippen molar-refractivity contribution in [1.29, 1.82) is 0 Å². The topological polar surface area (TPSA) is 38.9 Å². The molecule has 0 N–H and O–H groups in total. The van der Waals surface area contributed by atoms with Crippen molar-refractivity contribution in [2.75, 3.05) is 0 Å². The van der Waals surface area contributed by atoms with Crippen LogP contribution in [0.2, 0.25) is 5.02 Å². The first-order chi connectivity index (χ1) is 8.22. The number of halogens is 1. The Labute approximate surface area is 103 Å². The number of aryl methyl sites for hydroxylation is 1. The second-order valence-corrected chi connectivity index (χ2v) is 4.22. The maximum atomic E-state index is 5.85. The van der Waals surface area contributed by atoms with Crippen molar-refractivity contribution in [2.45, 2.75) is 6.92 Å². The van der Waals surface area contributed by atoms with E-state index in [4.69, 9.17) is 16.0 Å². The van der Waals surface area contributed by atoms with E-state index in [0.717, 1.165) is 16.1 Å². The lowest BCUT2D eigenvalue weighted by molar-refractivity contribution is 0.561. The van der Waals surface area contributed by atoms with Crippen molar-refractivity contribution in [3.8, 4) is 11.1 Å². The maximum Gasteiger partial charge on any atom is 0.198 e. The predicted octanol–water partition coefficient (Wildman–Crippen LogP) is 3.85. The lowest BCUT2D eigenvalue weighted by Crippen LogP contribution is -1.81. The monoisotopic (exact) mass is 244 g/mol. The predicted molar refractivity (Wildman–Crippen MR) is 67.0 cm³/mol. The van der Waals surface area contributed by atoms with E-state index in [-0.39, 0.29) is 0 Å². The van der Waals surface area contributed by atoms with Crippen molar-refractivity contribution in [1.82, 2.24) is 9.97 Å². The van der Waals surface area contributed by atoms with Crippen LogP contribution >= 0.6 is 11.6 Å². The molecule has 4 heteroatoms. The van der Waals surface area contributed by atoms with Crippen LogP contribution < -0.4 is 0 Å². The third-order valence-corrected chi connectivity index (χ3v) is 2.78. The minimum absolute atomic E-state index is 0.626. The largest absolute Gasteiger partial charge is 0.439 e. The van der Waals surface area contributed by atoms with Crippen LogP contribution in [0.15, 0.2) is 40.9 Å². The van der Waals surface area contributed by atoms with Gasteiger partial charge in [-0.25, -0.2) is 4.98 Å². The van der Waals surface area contributed by atoms with Gasteiger partial charge in [0.05, 0.1) is 0 Å². The van der Waals surface area contributed by atoms with E-state index in [1.54, 1.807) is 6.20 Å². The van der Waals surface area contributed by atoms with E-state index < -0.39 is 0 Å². The Morgan fingerprint density at radius 2 is 1.88 bits per heavy atom. The van der Waals surface area contributed by atoms with Gasteiger partial charge in [0.1, 0.15) is 0 Å². The SMILES string of the molecule is Cc1nc2ncc(-c3ccc(Cl)cc3)cc2o1. The summed E-state index contributed by atoms with van der Waals surface area (Å²) in [7, 11) is 0. The van der Waals surface area contributed by atoms with Crippen molar-refractivity contribution < 1.29 is 4.42 Å². The smallest absolute Gasteiger partial charge is 0.198 e. The van der Waals surface area contributed by atoms with Crippen molar-refractivity contribution in [3.63, 3.8) is 0 Å². The Balaban J connectivity index is 2.13. The molecule has 1 aromatic carbocycles. The van der Waals surface area contributed by atoms with Gasteiger partial charge in [0.25, 0.3) is 0 Å². The lowest BCUT2D eigenvalue weighted by Gasteiger charge is -2.00. The molecule has 0 unspecified atom stereocenters. The molecule has 3 rings (SSSR count). The van der Waals surface area contributed by atoms with Gasteiger partial charge in [0.15, 0.2) is 17.1 Å². The molecule has 3 aromatic rings. The number of fused-ring (bicyclic) bond motifs is 1. The van der Waals surface area contributed by atoms with Gasteiger partial charge < -0.3 is 4.42 Å². The fourth-order valence-electron chi connectivity index (χ4n) is 1.73. The van der Waals surface area contributed by atoms with Crippen LogP contribution in [0.5, 0.6) is 0 Å². The number of pyridine rings is 1. The van der Waals surface area contributed by atoms with Crippen molar-refractivity contribution in [3.05, 3.63) is 47.4 Å². The molecule has 0 radical (unpaired) electrons. The van der Waals surface area contributed by atoms with E-state index in [9.17, 15) is 0 Å². The summed E-state index contributed by atoms with van der Waals surface area (Å²) in [4.78, 5) is 8.43. The number of benzene rings is 1. The number of hydrogen-bond acceptors (Lipinski definition) is 3. The molecule has 0 aliphatic rings. The van der Waals surface area contributed by atoms with Gasteiger partial charge in [-0.3, -0.25) is 0 Å². The molecule has 0 saturated carbocycles. The highest BCUT2D eigenvalue weighted by molar-refractivity contribution is 6.30. The average molecular weight is 245 g/mol. The third kappa shape index (κ3) is 1.89. The molecule has 0 bridgehead atoms. The van der Waals surface area contributed by atoms with Crippen molar-refractivity contribution in [2.24, 2.45) is 0 Å². The molecule has 17 heavy (non-hydrogen) atoms. The second kappa shape index (κ2) is 3.86. The first kappa shape index (κ1) is 10.3. The van der Waals surface area contributed by atoms with Crippen molar-refractivity contribution >= 4 is 22.8 Å². The fraction of sp³-hybridized carbons (Fsp3) is 0.0769. The number of aromatic nitrogens is 2. The van der Waals surface area contributed by atoms with Crippen LogP contribution in [0.25, 0.3) is 22.4 Å². The second-order valence-electron chi connectivity index (χ2n) is 3.79. The number of nitrogens with zero attached hydrogens (tertiary/aromatic N) is 2. The molecule has 0 amide bonds. The van der Waals surface area contributed by atoms with Gasteiger partial charge in [-0.15, -0.1) is 0 Å². The molecule has 0 aliphatic carbocycles. The van der Waals surface area contributed by atoms with Crippen LogP contribution in [0.4, 0.5) is 0 Å². The van der Waals surface area contributed by atoms with E-state index in [2.05, 4.69) is 9.97 Å². The number of oxazole rings is 1. The standard InChI is InChI=1S/C13H9ClN2O/c1-8-16-13-12(17-8)6-10(7-15-13)9-2-4-11(14)5-3-9/h2-7H,1H3. The molecule has 84 valence electrons. The van der Waals surface area contributed by atoms with Crippen LogP contribution in [0.3, 0.4) is 0 Å². The molecule has 0 aliphatic heterocycles. The molecule has 3 nitrogen and oxygen atoms in total. The normalized spacial score (nSPS) is 10.9. The van der Waals surface area contributed by atoms with E-state index >= 15 is 0 Å². The molecular weight excluding hydrogens is 236 g/mol. The average Bonchev–Trinajstić information content (AvgIpc) is 2.69. The molecular formula is C13H9ClN2O. The van der Waals surface area contributed by atoms with Gasteiger partial charge in [-0.2, -0.15) is 4.98 Å². The summed E-state index contributed by atoms with van der Waals surface area (Å²) in [6.45, 7) is 1.81. The summed E-state index contributed by atoms with van der Waals surface area (Å²) in [6.07, 6.45) is 1.79. The van der Waals surface area contributed by atoms with Gasteiger partial charge in [0.2, 0.25) is 0 Å². The summed E-state index contributed by atoms with van der Waals surface area (Å²) >= 11 is 5.85. The minimum atomic E-state index is 0.626. The molecule has 0 spiro atoms. The summed E-state index contributed by atoms with van der Waals surface area (Å²) in [6, 6.07) is 9.55. The number of hydrogen-bond donors (Lipinski definition) is 0. The zero-order valence-electron chi connectivity index (χ0n) is 9.14. The van der Waals surface area contributed by atoms with Crippen LogP contribution in [-0.2, 0) is 0 Å². The van der Waals surface area contributed by atoms with Crippen LogP contribution in [0, 0.1) is 6.92 Å². The van der Waals surface area contributed by atoms with E-state index in [1.165, 1.54) is 0 Å². The zero-order valence-corrected chi connectivity index (χ0v) is 9.90. The first-order valence-electron chi connectivity index (χ1n) is 5.21. The van der Waals surface area contributed by atoms with Gasteiger partial charge in [0, 0.05) is 23.7 Å². The van der Waals surface area contributed by atoms with E-state index in [0.29, 0.717) is 17.1 Å². The van der Waals surface area contributed by atoms with E-state index in [1.807, 2.05) is 37.3 Å². The Bertz CT molecular complexity index is 673. The Morgan fingerprint density at radius 3 is 2.65 bits per heavy atom. The Hall–Kier alpha value is -1.87. The van der Waals surface area contributed by atoms with Gasteiger partial charge in [-0.05, 0) is 23.8 Å². The van der Waals surface area contributed by atoms with Crippen LogP contribution in [-0.4, -0.2) is 9.97 Å². The highest BCUT2D eigenvalue weighted by Gasteiger charge is 2.05. The van der Waals surface area contributed by atoms with Gasteiger partial charge in [-0.1, -0.05) is 23.7 Å². The lowest BCUT2D eigenvalue weighted by atomic mass is 10.1. The highest BCUT2D eigenvalue weighted by atomic mass is 35.5. The zero-order chi connectivity index (χ0) is 11.8. The summed E-state index contributed by atoms with van der Waals surface area (Å²) < 4.78 is 5.45. The molecule has 2 aromatic heterocycles. The molecule has 0 saturated heterocycles. The summed E-state index contributed by atoms with van der Waals surface area (Å²) in [5.41, 5.74) is 3.39. The number of rotatable bonds is 1. The minimum Gasteiger partial charge on any atom is -0.439 e. The van der Waals surface area contributed by atoms with Gasteiger partial charge >= 0.3 is 0 Å². The highest BCUT2D eigenvalue weighted by Crippen LogP contribution is 2.24. The quantitative estimate of drug-likeness (QED) is 0.653. The summed E-state index contributed by atoms with van der Waals surface area (Å²) in [5, 5.41) is 0.721. The Kier molecular flexibility index (Phi) is 2.34. The fourth-order valence-corrected chi connectivity index (χ4v) is 1.85.